The number of fused-ring (bicyclic) bond motifs is 1. The van der Waals surface area contributed by atoms with Crippen molar-refractivity contribution in [3.8, 4) is 5.75 Å². The van der Waals surface area contributed by atoms with Crippen LogP contribution < -0.4 is 15.4 Å². The zero-order valence-corrected chi connectivity index (χ0v) is 22.0. The average Bonchev–Trinajstić information content (AvgIpc) is 3.66. The zero-order chi connectivity index (χ0) is 26.9. The smallest absolute Gasteiger partial charge is 0.274 e. The largest absolute Gasteiger partial charge is 0.497 e. The Morgan fingerprint density at radius 1 is 1.05 bits per heavy atom. The highest BCUT2D eigenvalue weighted by Gasteiger charge is 2.53. The van der Waals surface area contributed by atoms with Gasteiger partial charge in [0.25, 0.3) is 11.8 Å². The fraction of sp³-hybridized carbons (Fsp3) is 0.379. The van der Waals surface area contributed by atoms with E-state index in [1.807, 2.05) is 55.5 Å². The Hall–Kier alpha value is -4.14. The molecule has 9 nitrogen and oxygen atoms in total. The van der Waals surface area contributed by atoms with Gasteiger partial charge in [-0.15, -0.1) is 0 Å². The van der Waals surface area contributed by atoms with Gasteiger partial charge in [-0.25, -0.2) is 4.98 Å². The summed E-state index contributed by atoms with van der Waals surface area (Å²) < 4.78 is 6.84. The number of rotatable bonds is 9. The molecular weight excluding hydrogens is 482 g/mol. The number of nitrogens with one attached hydrogen (secondary N) is 2. The van der Waals surface area contributed by atoms with Gasteiger partial charge >= 0.3 is 0 Å². The van der Waals surface area contributed by atoms with E-state index in [0.29, 0.717) is 19.5 Å². The highest BCUT2D eigenvalue weighted by Crippen LogP contribution is 2.38. The van der Waals surface area contributed by atoms with Gasteiger partial charge in [0.05, 0.1) is 20.0 Å². The number of imidazole rings is 1. The van der Waals surface area contributed by atoms with Crippen molar-refractivity contribution in [3.05, 3.63) is 82.9 Å². The minimum absolute atomic E-state index is 0.0275. The van der Waals surface area contributed by atoms with Crippen LogP contribution in [0, 0.1) is 6.92 Å². The molecule has 2 aliphatic rings. The Morgan fingerprint density at radius 2 is 1.74 bits per heavy atom. The van der Waals surface area contributed by atoms with Gasteiger partial charge in [-0.3, -0.25) is 14.4 Å². The maximum Gasteiger partial charge on any atom is 0.274 e. The minimum atomic E-state index is -1.10. The summed E-state index contributed by atoms with van der Waals surface area (Å²) in [6.07, 6.45) is 3.83. The Labute approximate surface area is 222 Å². The second kappa shape index (κ2) is 10.3. The van der Waals surface area contributed by atoms with Crippen LogP contribution in [0.2, 0.25) is 0 Å². The molecule has 198 valence electrons. The van der Waals surface area contributed by atoms with Gasteiger partial charge in [0.2, 0.25) is 5.91 Å². The van der Waals surface area contributed by atoms with Crippen molar-refractivity contribution < 1.29 is 19.1 Å². The van der Waals surface area contributed by atoms with Gasteiger partial charge in [0.15, 0.2) is 5.69 Å². The Bertz CT molecular complexity index is 1340. The monoisotopic (exact) mass is 515 g/mol. The molecule has 1 aliphatic carbocycles. The van der Waals surface area contributed by atoms with Crippen LogP contribution in [0.4, 0.5) is 0 Å². The second-order valence-electron chi connectivity index (χ2n) is 10.3. The normalized spacial score (nSPS) is 18.6. The Balaban J connectivity index is 1.30. The molecule has 0 saturated heterocycles. The number of aryl methyl sites for hydroxylation is 1. The van der Waals surface area contributed by atoms with Crippen LogP contribution in [-0.4, -0.2) is 57.4 Å². The molecule has 0 bridgehead atoms. The van der Waals surface area contributed by atoms with E-state index in [0.717, 1.165) is 29.7 Å². The van der Waals surface area contributed by atoms with Gasteiger partial charge < -0.3 is 24.8 Å². The second-order valence-corrected chi connectivity index (χ2v) is 10.3. The van der Waals surface area contributed by atoms with E-state index in [4.69, 9.17) is 4.74 Å². The summed E-state index contributed by atoms with van der Waals surface area (Å²) in [4.78, 5) is 46.2. The first kappa shape index (κ1) is 25.5. The Kier molecular flexibility index (Phi) is 6.93. The lowest BCUT2D eigenvalue weighted by atomic mass is 9.93. The number of hydrogen-bond acceptors (Lipinski definition) is 5. The van der Waals surface area contributed by atoms with E-state index in [1.165, 1.54) is 11.9 Å². The molecule has 5 rings (SSSR count). The van der Waals surface area contributed by atoms with Gasteiger partial charge in [0.1, 0.15) is 17.0 Å². The Morgan fingerprint density at radius 3 is 2.39 bits per heavy atom. The quantitative estimate of drug-likeness (QED) is 0.456. The van der Waals surface area contributed by atoms with Crippen LogP contribution in [0.5, 0.6) is 5.75 Å². The number of carbonyl (C=O) groups is 3. The summed E-state index contributed by atoms with van der Waals surface area (Å²) in [6.45, 7) is 4.81. The standard InChI is InChI=1S/C29H33N5O4/c1-19-4-6-20(7-5-19)14-15-30-26(35)24-25-27(36)34(22-10-11-22)29(2,17-33(25)18-32-24)28(37)31-16-21-8-12-23(38-3)13-9-21/h4-9,12-13,18,22H,10-11,14-17H2,1-3H3,(H,30,35)(H,31,37). The molecule has 1 aliphatic heterocycles. The van der Waals surface area contributed by atoms with Crippen LogP contribution in [0.1, 0.15) is 57.4 Å². The molecule has 0 spiro atoms. The third-order valence-electron chi connectivity index (χ3n) is 7.32. The number of methoxy groups -OCH3 is 1. The first-order valence-electron chi connectivity index (χ1n) is 12.9. The van der Waals surface area contributed by atoms with Crippen molar-refractivity contribution >= 4 is 17.7 Å². The molecule has 2 N–H and O–H groups in total. The first-order chi connectivity index (χ1) is 18.3. The number of amides is 3. The molecule has 9 heteroatoms. The number of carbonyl (C=O) groups excluding carboxylic acids is 3. The molecule has 3 amide bonds. The number of ether oxygens (including phenoxy) is 1. The molecular formula is C29H33N5O4. The topological polar surface area (TPSA) is 106 Å². The SMILES string of the molecule is COc1ccc(CNC(=O)C2(C)Cn3cnc(C(=O)NCCc4ccc(C)cc4)c3C(=O)N2C2CC2)cc1. The highest BCUT2D eigenvalue weighted by molar-refractivity contribution is 6.07. The van der Waals surface area contributed by atoms with E-state index in [9.17, 15) is 14.4 Å². The van der Waals surface area contributed by atoms with Crippen LogP contribution in [0.15, 0.2) is 54.9 Å². The summed E-state index contributed by atoms with van der Waals surface area (Å²) in [7, 11) is 1.61. The van der Waals surface area contributed by atoms with E-state index in [2.05, 4.69) is 15.6 Å². The number of aromatic nitrogens is 2. The van der Waals surface area contributed by atoms with Crippen molar-refractivity contribution in [2.75, 3.05) is 13.7 Å². The average molecular weight is 516 g/mol. The third kappa shape index (κ3) is 5.01. The number of benzene rings is 2. The molecule has 2 heterocycles. The summed E-state index contributed by atoms with van der Waals surface area (Å²) >= 11 is 0. The van der Waals surface area contributed by atoms with E-state index < -0.39 is 5.54 Å². The molecule has 0 radical (unpaired) electrons. The van der Waals surface area contributed by atoms with Crippen LogP contribution in [-0.2, 0) is 24.3 Å². The molecule has 38 heavy (non-hydrogen) atoms. The summed E-state index contributed by atoms with van der Waals surface area (Å²) in [5, 5.41) is 5.90. The van der Waals surface area contributed by atoms with Gasteiger partial charge in [-0.2, -0.15) is 0 Å². The van der Waals surface area contributed by atoms with Crippen molar-refractivity contribution in [3.63, 3.8) is 0 Å². The van der Waals surface area contributed by atoms with Crippen molar-refractivity contribution in [2.24, 2.45) is 0 Å². The molecule has 1 unspecified atom stereocenters. The fourth-order valence-corrected chi connectivity index (χ4v) is 5.00. The predicted molar refractivity (Wildman–Crippen MR) is 142 cm³/mol. The summed E-state index contributed by atoms with van der Waals surface area (Å²) in [5.41, 5.74) is 2.47. The molecule has 1 fully saturated rings. The number of nitrogens with zero attached hydrogens (tertiary/aromatic N) is 3. The lowest BCUT2D eigenvalue weighted by Crippen LogP contribution is -2.64. The summed E-state index contributed by atoms with van der Waals surface area (Å²) in [5.74, 6) is -0.214. The van der Waals surface area contributed by atoms with Crippen LogP contribution in [0.25, 0.3) is 0 Å². The summed E-state index contributed by atoms with van der Waals surface area (Å²) in [6, 6.07) is 15.6. The maximum atomic E-state index is 13.8. The van der Waals surface area contributed by atoms with Crippen molar-refractivity contribution in [1.82, 2.24) is 25.1 Å². The molecule has 2 aromatic carbocycles. The molecule has 1 aromatic heterocycles. The highest BCUT2D eigenvalue weighted by atomic mass is 16.5. The third-order valence-corrected chi connectivity index (χ3v) is 7.32. The van der Waals surface area contributed by atoms with E-state index >= 15 is 0 Å². The van der Waals surface area contributed by atoms with Crippen molar-refractivity contribution in [2.45, 2.75) is 57.8 Å². The molecule has 1 saturated carbocycles. The van der Waals surface area contributed by atoms with Crippen molar-refractivity contribution in [1.29, 1.82) is 0 Å². The zero-order valence-electron chi connectivity index (χ0n) is 22.0. The van der Waals surface area contributed by atoms with Gasteiger partial charge in [0, 0.05) is 19.1 Å². The van der Waals surface area contributed by atoms with E-state index in [-0.39, 0.29) is 41.7 Å². The lowest BCUT2D eigenvalue weighted by molar-refractivity contribution is -0.133. The van der Waals surface area contributed by atoms with Crippen LogP contribution in [0.3, 0.4) is 0 Å². The molecule has 1 atom stereocenters. The van der Waals surface area contributed by atoms with Gasteiger partial charge in [-0.1, -0.05) is 42.0 Å². The lowest BCUT2D eigenvalue weighted by Gasteiger charge is -2.44. The predicted octanol–water partition coefficient (Wildman–Crippen LogP) is 2.87. The minimum Gasteiger partial charge on any atom is -0.497 e. The maximum absolute atomic E-state index is 13.8. The van der Waals surface area contributed by atoms with Gasteiger partial charge in [-0.05, 0) is 56.4 Å². The van der Waals surface area contributed by atoms with E-state index in [1.54, 1.807) is 23.5 Å². The number of hydrogen-bond donors (Lipinski definition) is 2. The first-order valence-corrected chi connectivity index (χ1v) is 12.9. The molecule has 3 aromatic rings. The van der Waals surface area contributed by atoms with Crippen LogP contribution >= 0.6 is 0 Å². The fourth-order valence-electron chi connectivity index (χ4n) is 5.00.